The minimum absolute atomic E-state index is 0.424. The van der Waals surface area contributed by atoms with Crippen molar-refractivity contribution in [2.24, 2.45) is 0 Å². The molecule has 0 N–H and O–H groups in total. The van der Waals surface area contributed by atoms with Crippen molar-refractivity contribution >= 4 is 52.1 Å². The van der Waals surface area contributed by atoms with E-state index in [1.54, 1.807) is 3.97 Å². The molecule has 0 radical (unpaired) electrons. The molecule has 3 saturated heterocycles. The van der Waals surface area contributed by atoms with Crippen LogP contribution < -0.4 is 4.90 Å². The normalized spacial score (nSPS) is 26.4. The van der Waals surface area contributed by atoms with Crippen molar-refractivity contribution < 1.29 is 4.74 Å². The number of ether oxygens (including phenoxy) is 1. The molecular weight excluding hydrogens is 361 g/mol. The zero-order valence-corrected chi connectivity index (χ0v) is 12.6. The Hall–Kier alpha value is -0.470. The zero-order valence-electron chi connectivity index (χ0n) is 9.58. The molecular formula is C12H12IN3OS. The van der Waals surface area contributed by atoms with Gasteiger partial charge in [-0.15, -0.1) is 0 Å². The predicted octanol–water partition coefficient (Wildman–Crippen LogP) is 2.31. The predicted molar refractivity (Wildman–Crippen MR) is 82.3 cm³/mol. The van der Waals surface area contributed by atoms with Gasteiger partial charge in [0.25, 0.3) is 0 Å². The molecule has 0 spiro atoms. The second kappa shape index (κ2) is 4.01. The number of hydrogen-bond acceptors (Lipinski definition) is 4. The molecule has 3 aliphatic heterocycles. The first-order chi connectivity index (χ1) is 8.70. The third-order valence-electron chi connectivity index (χ3n) is 3.69. The van der Waals surface area contributed by atoms with E-state index in [2.05, 4.69) is 51.4 Å². The number of thiol groups is 1. The number of morpholine rings is 1. The highest BCUT2D eigenvalue weighted by Crippen LogP contribution is 2.33. The van der Waals surface area contributed by atoms with Gasteiger partial charge in [0.2, 0.25) is 0 Å². The second-order valence-corrected chi connectivity index (χ2v) is 6.50. The first-order valence-electron chi connectivity index (χ1n) is 5.97. The summed E-state index contributed by atoms with van der Waals surface area (Å²) in [7, 11) is 0. The molecule has 2 aromatic heterocycles. The molecule has 5 rings (SSSR count). The van der Waals surface area contributed by atoms with Crippen molar-refractivity contribution in [1.29, 1.82) is 0 Å². The topological polar surface area (TPSA) is 30.3 Å². The largest absolute Gasteiger partial charge is 0.371 e. The molecule has 5 heterocycles. The number of fused-ring (bicyclic) bond motifs is 3. The van der Waals surface area contributed by atoms with E-state index >= 15 is 0 Å². The fourth-order valence-corrected chi connectivity index (χ4v) is 3.95. The van der Waals surface area contributed by atoms with Crippen LogP contribution in [0.4, 0.5) is 5.69 Å². The third-order valence-corrected chi connectivity index (χ3v) is 4.85. The van der Waals surface area contributed by atoms with Crippen molar-refractivity contribution in [1.82, 2.24) is 8.96 Å². The van der Waals surface area contributed by atoms with Gasteiger partial charge in [0.1, 0.15) is 0 Å². The molecule has 0 saturated carbocycles. The smallest absolute Gasteiger partial charge is 0.150 e. The molecule has 2 atom stereocenters. The first kappa shape index (κ1) is 11.4. The van der Waals surface area contributed by atoms with Crippen molar-refractivity contribution in [2.45, 2.75) is 18.6 Å². The van der Waals surface area contributed by atoms with E-state index < -0.39 is 0 Å². The molecule has 0 aromatic carbocycles. The van der Waals surface area contributed by atoms with Gasteiger partial charge in [-0.05, 0) is 28.7 Å². The minimum atomic E-state index is 0.424. The van der Waals surface area contributed by atoms with E-state index in [4.69, 9.17) is 4.74 Å². The molecule has 3 fully saturated rings. The number of pyridine rings is 1. The Balaban J connectivity index is 1.74. The molecule has 0 amide bonds. The average Bonchev–Trinajstić information content (AvgIpc) is 2.64. The van der Waals surface area contributed by atoms with Crippen LogP contribution in [0.25, 0.3) is 11.0 Å². The van der Waals surface area contributed by atoms with Crippen LogP contribution in [0.15, 0.2) is 18.5 Å². The van der Waals surface area contributed by atoms with Crippen molar-refractivity contribution in [2.75, 3.05) is 18.0 Å². The molecule has 6 heteroatoms. The summed E-state index contributed by atoms with van der Waals surface area (Å²) in [5.74, 6) is 0. The summed E-state index contributed by atoms with van der Waals surface area (Å²) in [6.45, 7) is 1.98. The van der Waals surface area contributed by atoms with Crippen LogP contribution in [0, 0.1) is 3.57 Å². The Morgan fingerprint density at radius 2 is 2.11 bits per heavy atom. The van der Waals surface area contributed by atoms with E-state index in [1.165, 1.54) is 21.1 Å². The molecule has 2 aromatic rings. The number of halogens is 1. The summed E-state index contributed by atoms with van der Waals surface area (Å²) in [5.41, 5.74) is 2.11. The number of rotatable bonds is 1. The fraction of sp³-hybridized carbons (Fsp3) is 0.417. The Bertz CT molecular complexity index is 613. The van der Waals surface area contributed by atoms with E-state index in [9.17, 15) is 0 Å². The summed E-state index contributed by atoms with van der Waals surface area (Å²) >= 11 is 6.70. The third kappa shape index (κ3) is 1.65. The van der Waals surface area contributed by atoms with Gasteiger partial charge in [-0.3, -0.25) is 3.97 Å². The summed E-state index contributed by atoms with van der Waals surface area (Å²) in [4.78, 5) is 6.89. The van der Waals surface area contributed by atoms with Gasteiger partial charge in [-0.2, -0.15) is 0 Å². The minimum Gasteiger partial charge on any atom is -0.371 e. The maximum Gasteiger partial charge on any atom is 0.150 e. The molecule has 18 heavy (non-hydrogen) atoms. The lowest BCUT2D eigenvalue weighted by Crippen LogP contribution is -2.57. The highest BCUT2D eigenvalue weighted by molar-refractivity contribution is 14.1. The number of piperidine rings is 1. The Labute approximate surface area is 124 Å². The maximum absolute atomic E-state index is 5.66. The molecule has 0 aliphatic carbocycles. The van der Waals surface area contributed by atoms with E-state index in [-0.39, 0.29) is 0 Å². The van der Waals surface area contributed by atoms with Crippen LogP contribution in [-0.2, 0) is 4.74 Å². The number of aromatic nitrogens is 2. The van der Waals surface area contributed by atoms with Gasteiger partial charge in [-0.1, -0.05) is 12.8 Å². The van der Waals surface area contributed by atoms with E-state index in [0.717, 1.165) is 18.7 Å². The van der Waals surface area contributed by atoms with Crippen LogP contribution in [-0.4, -0.2) is 34.3 Å². The molecule has 2 unspecified atom stereocenters. The second-order valence-electron chi connectivity index (χ2n) is 4.91. The van der Waals surface area contributed by atoms with E-state index in [0.29, 0.717) is 12.2 Å². The number of anilines is 1. The van der Waals surface area contributed by atoms with Crippen LogP contribution in [0.2, 0.25) is 0 Å². The van der Waals surface area contributed by atoms with Crippen molar-refractivity contribution in [3.63, 3.8) is 0 Å². The quantitative estimate of drug-likeness (QED) is 0.615. The summed E-state index contributed by atoms with van der Waals surface area (Å²) < 4.78 is 8.62. The standard InChI is InChI=1S/C12H12IN3OS/c13-11-6-16(18)12-10(11)1-7(3-14-12)15-4-8-2-9(5-15)17-8/h1,3,6,8-9,18H,2,4-5H2. The van der Waals surface area contributed by atoms with E-state index in [1.807, 2.05) is 12.4 Å². The van der Waals surface area contributed by atoms with Crippen LogP contribution >= 0.6 is 35.4 Å². The monoisotopic (exact) mass is 373 g/mol. The Kier molecular flexibility index (Phi) is 2.53. The van der Waals surface area contributed by atoms with Crippen LogP contribution in [0.3, 0.4) is 0 Å². The fourth-order valence-electron chi connectivity index (χ4n) is 2.78. The highest BCUT2D eigenvalue weighted by Gasteiger charge is 2.38. The lowest BCUT2D eigenvalue weighted by molar-refractivity contribution is -0.133. The molecule has 2 bridgehead atoms. The van der Waals surface area contributed by atoms with Gasteiger partial charge in [-0.25, -0.2) is 4.98 Å². The van der Waals surface area contributed by atoms with Crippen molar-refractivity contribution in [3.05, 3.63) is 22.0 Å². The van der Waals surface area contributed by atoms with Gasteiger partial charge in [0, 0.05) is 34.7 Å². The zero-order chi connectivity index (χ0) is 12.3. The Morgan fingerprint density at radius 3 is 2.83 bits per heavy atom. The lowest BCUT2D eigenvalue weighted by atomic mass is 9.98. The Morgan fingerprint density at radius 1 is 1.39 bits per heavy atom. The SMILES string of the molecule is Sn1cc(I)c2cc(N3CC4CC(C3)O4)cnc21. The average molecular weight is 373 g/mol. The van der Waals surface area contributed by atoms with Crippen LogP contribution in [0.1, 0.15) is 6.42 Å². The molecule has 4 nitrogen and oxygen atoms in total. The van der Waals surface area contributed by atoms with Gasteiger partial charge in [0.05, 0.1) is 24.1 Å². The number of hydrogen-bond donors (Lipinski definition) is 1. The lowest BCUT2D eigenvalue weighted by Gasteiger charge is -2.47. The van der Waals surface area contributed by atoms with Gasteiger partial charge >= 0.3 is 0 Å². The summed E-state index contributed by atoms with van der Waals surface area (Å²) in [6.07, 6.45) is 6.00. The van der Waals surface area contributed by atoms with Gasteiger partial charge in [0.15, 0.2) is 5.65 Å². The molecule has 94 valence electrons. The maximum atomic E-state index is 5.66. The summed E-state index contributed by atoms with van der Waals surface area (Å²) in [6, 6.07) is 2.21. The van der Waals surface area contributed by atoms with Gasteiger partial charge < -0.3 is 9.64 Å². The summed E-state index contributed by atoms with van der Waals surface area (Å²) in [5, 5.41) is 1.17. The van der Waals surface area contributed by atoms with Crippen LogP contribution in [0.5, 0.6) is 0 Å². The first-order valence-corrected chi connectivity index (χ1v) is 7.45. The number of nitrogens with zero attached hydrogens (tertiary/aromatic N) is 3. The highest BCUT2D eigenvalue weighted by atomic mass is 127. The van der Waals surface area contributed by atoms with Crippen molar-refractivity contribution in [3.8, 4) is 0 Å². The molecule has 3 aliphatic rings.